The van der Waals surface area contributed by atoms with Gasteiger partial charge >= 0.3 is 0 Å². The molecule has 0 bridgehead atoms. The van der Waals surface area contributed by atoms with Crippen LogP contribution in [-0.2, 0) is 0 Å². The summed E-state index contributed by atoms with van der Waals surface area (Å²) < 4.78 is 0. The maximum absolute atomic E-state index is 5.65. The van der Waals surface area contributed by atoms with Crippen LogP contribution < -0.4 is 5.73 Å². The predicted octanol–water partition coefficient (Wildman–Crippen LogP) is 0.677. The van der Waals surface area contributed by atoms with Crippen molar-refractivity contribution in [1.29, 1.82) is 0 Å². The van der Waals surface area contributed by atoms with Crippen molar-refractivity contribution in [1.82, 2.24) is 4.90 Å². The van der Waals surface area contributed by atoms with Gasteiger partial charge in [-0.25, -0.2) is 0 Å². The van der Waals surface area contributed by atoms with Gasteiger partial charge in [-0.2, -0.15) is 0 Å². The molecule has 2 heteroatoms. The van der Waals surface area contributed by atoms with E-state index < -0.39 is 0 Å². The minimum atomic E-state index is 0.519. The van der Waals surface area contributed by atoms with Crippen molar-refractivity contribution in [2.45, 2.75) is 19.8 Å². The molecule has 0 spiro atoms. The zero-order valence-corrected chi connectivity index (χ0v) is 7.06. The Kier molecular flexibility index (Phi) is 2.32. The highest BCUT2D eigenvalue weighted by atomic mass is 15.1. The normalized spacial score (nSPS) is 21.6. The molecule has 0 heterocycles. The van der Waals surface area contributed by atoms with Crippen LogP contribution in [0, 0.1) is 5.41 Å². The van der Waals surface area contributed by atoms with Gasteiger partial charge in [0.15, 0.2) is 0 Å². The smallest absolute Gasteiger partial charge is 0.00469 e. The van der Waals surface area contributed by atoms with Gasteiger partial charge in [0.25, 0.3) is 0 Å². The molecule has 1 aliphatic rings. The van der Waals surface area contributed by atoms with Crippen molar-refractivity contribution in [2.24, 2.45) is 11.1 Å². The van der Waals surface area contributed by atoms with Gasteiger partial charge in [0.1, 0.15) is 0 Å². The van der Waals surface area contributed by atoms with Crippen molar-refractivity contribution in [3.8, 4) is 0 Å². The summed E-state index contributed by atoms with van der Waals surface area (Å²) in [6, 6.07) is 0. The van der Waals surface area contributed by atoms with E-state index in [1.807, 2.05) is 0 Å². The first-order valence-electron chi connectivity index (χ1n) is 4.11. The van der Waals surface area contributed by atoms with Crippen LogP contribution in [0.3, 0.4) is 0 Å². The molecule has 1 saturated carbocycles. The Bertz CT molecular complexity index is 108. The lowest BCUT2D eigenvalue weighted by atomic mass is 10.1. The van der Waals surface area contributed by atoms with Crippen LogP contribution in [0.5, 0.6) is 0 Å². The largest absolute Gasteiger partial charge is 0.330 e. The second-order valence-corrected chi connectivity index (χ2v) is 3.53. The summed E-state index contributed by atoms with van der Waals surface area (Å²) in [5.74, 6) is 0. The van der Waals surface area contributed by atoms with Crippen molar-refractivity contribution >= 4 is 0 Å². The molecule has 0 saturated heterocycles. The highest BCUT2D eigenvalue weighted by Gasteiger charge is 2.41. The van der Waals surface area contributed by atoms with Crippen LogP contribution in [0.2, 0.25) is 0 Å². The van der Waals surface area contributed by atoms with E-state index in [1.165, 1.54) is 19.4 Å². The van der Waals surface area contributed by atoms with Crippen molar-refractivity contribution in [2.75, 3.05) is 26.7 Å². The molecule has 2 N–H and O–H groups in total. The Labute approximate surface area is 63.4 Å². The molecule has 1 aliphatic carbocycles. The van der Waals surface area contributed by atoms with Gasteiger partial charge in [0.05, 0.1) is 0 Å². The predicted molar refractivity (Wildman–Crippen MR) is 43.9 cm³/mol. The van der Waals surface area contributed by atoms with Gasteiger partial charge in [0.2, 0.25) is 0 Å². The lowest BCUT2D eigenvalue weighted by Gasteiger charge is -2.20. The van der Waals surface area contributed by atoms with Gasteiger partial charge in [-0.1, -0.05) is 6.92 Å². The Balaban J connectivity index is 2.23. The molecule has 0 amide bonds. The molecule has 1 fully saturated rings. The first-order chi connectivity index (χ1) is 4.72. The lowest BCUT2D eigenvalue weighted by Crippen LogP contribution is -2.31. The molecule has 0 atom stereocenters. The third-order valence-electron chi connectivity index (χ3n) is 2.54. The van der Waals surface area contributed by atoms with Crippen molar-refractivity contribution in [3.05, 3.63) is 0 Å². The van der Waals surface area contributed by atoms with Gasteiger partial charge in [-0.15, -0.1) is 0 Å². The van der Waals surface area contributed by atoms with Crippen molar-refractivity contribution < 1.29 is 0 Å². The minimum absolute atomic E-state index is 0.519. The first kappa shape index (κ1) is 8.02. The monoisotopic (exact) mass is 142 g/mol. The van der Waals surface area contributed by atoms with Crippen LogP contribution in [0.4, 0.5) is 0 Å². The van der Waals surface area contributed by atoms with Crippen LogP contribution in [0.1, 0.15) is 19.8 Å². The van der Waals surface area contributed by atoms with Gasteiger partial charge in [0, 0.05) is 6.54 Å². The fourth-order valence-corrected chi connectivity index (χ4v) is 1.29. The summed E-state index contributed by atoms with van der Waals surface area (Å²) >= 11 is 0. The zero-order valence-electron chi connectivity index (χ0n) is 7.06. The second kappa shape index (κ2) is 2.89. The molecule has 0 aromatic carbocycles. The van der Waals surface area contributed by atoms with E-state index in [2.05, 4.69) is 18.9 Å². The van der Waals surface area contributed by atoms with Crippen LogP contribution in [-0.4, -0.2) is 31.6 Å². The average Bonchev–Trinajstić information content (AvgIpc) is 2.70. The SMILES string of the molecule is CCN(C)CC1(CN)CC1. The summed E-state index contributed by atoms with van der Waals surface area (Å²) in [6.07, 6.45) is 2.68. The molecule has 0 radical (unpaired) electrons. The third kappa shape index (κ3) is 1.70. The molecule has 10 heavy (non-hydrogen) atoms. The van der Waals surface area contributed by atoms with E-state index >= 15 is 0 Å². The number of rotatable bonds is 4. The fraction of sp³-hybridized carbons (Fsp3) is 1.00. The highest BCUT2D eigenvalue weighted by molar-refractivity contribution is 4.95. The number of nitrogens with two attached hydrogens (primary N) is 1. The highest BCUT2D eigenvalue weighted by Crippen LogP contribution is 2.44. The van der Waals surface area contributed by atoms with E-state index in [4.69, 9.17) is 5.73 Å². The lowest BCUT2D eigenvalue weighted by molar-refractivity contribution is 0.278. The first-order valence-corrected chi connectivity index (χ1v) is 4.11. The van der Waals surface area contributed by atoms with Gasteiger partial charge in [-0.05, 0) is 38.4 Å². The third-order valence-corrected chi connectivity index (χ3v) is 2.54. The van der Waals surface area contributed by atoms with E-state index in [0.717, 1.165) is 13.1 Å². The number of nitrogens with zero attached hydrogens (tertiary/aromatic N) is 1. The van der Waals surface area contributed by atoms with E-state index in [0.29, 0.717) is 5.41 Å². The van der Waals surface area contributed by atoms with Crippen LogP contribution >= 0.6 is 0 Å². The molecule has 1 rings (SSSR count). The maximum Gasteiger partial charge on any atom is 0.00469 e. The molecule has 2 nitrogen and oxygen atoms in total. The van der Waals surface area contributed by atoms with Gasteiger partial charge in [-0.3, -0.25) is 0 Å². The summed E-state index contributed by atoms with van der Waals surface area (Å²) in [7, 11) is 2.16. The Morgan fingerprint density at radius 3 is 2.40 bits per heavy atom. The Morgan fingerprint density at radius 2 is 2.10 bits per heavy atom. The van der Waals surface area contributed by atoms with Gasteiger partial charge < -0.3 is 10.6 Å². The Hall–Kier alpha value is -0.0800. The summed E-state index contributed by atoms with van der Waals surface area (Å²) in [5.41, 5.74) is 6.16. The molecule has 0 unspecified atom stereocenters. The summed E-state index contributed by atoms with van der Waals surface area (Å²) in [5, 5.41) is 0. The summed E-state index contributed by atoms with van der Waals surface area (Å²) in [4.78, 5) is 2.35. The molecule has 0 aromatic heterocycles. The molecule has 0 aromatic rings. The number of hydrogen-bond donors (Lipinski definition) is 1. The quantitative estimate of drug-likeness (QED) is 0.625. The standard InChI is InChI=1S/C8H18N2/c1-3-10(2)7-8(6-9)4-5-8/h3-7,9H2,1-2H3. The topological polar surface area (TPSA) is 29.3 Å². The number of hydrogen-bond acceptors (Lipinski definition) is 2. The van der Waals surface area contributed by atoms with Crippen LogP contribution in [0.25, 0.3) is 0 Å². The zero-order chi connectivity index (χ0) is 7.61. The molecule has 0 aliphatic heterocycles. The van der Waals surface area contributed by atoms with E-state index in [1.54, 1.807) is 0 Å². The van der Waals surface area contributed by atoms with Crippen LogP contribution in [0.15, 0.2) is 0 Å². The van der Waals surface area contributed by atoms with Crippen molar-refractivity contribution in [3.63, 3.8) is 0 Å². The second-order valence-electron chi connectivity index (χ2n) is 3.53. The molecule has 60 valence electrons. The molecular weight excluding hydrogens is 124 g/mol. The Morgan fingerprint density at radius 1 is 1.50 bits per heavy atom. The van der Waals surface area contributed by atoms with E-state index in [-0.39, 0.29) is 0 Å². The molecular formula is C8H18N2. The fourth-order valence-electron chi connectivity index (χ4n) is 1.29. The minimum Gasteiger partial charge on any atom is -0.330 e. The maximum atomic E-state index is 5.65. The van der Waals surface area contributed by atoms with E-state index in [9.17, 15) is 0 Å². The summed E-state index contributed by atoms with van der Waals surface area (Å²) in [6.45, 7) is 5.39. The average molecular weight is 142 g/mol.